The Kier molecular flexibility index (Phi) is 5.19. The molecular weight excluding hydrogens is 461 g/mol. The monoisotopic (exact) mass is 473 g/mol. The van der Waals surface area contributed by atoms with Gasteiger partial charge < -0.3 is 10.2 Å². The van der Waals surface area contributed by atoms with Crippen LogP contribution in [-0.4, -0.2) is 41.0 Å². The van der Waals surface area contributed by atoms with Gasteiger partial charge in [-0.2, -0.15) is 13.2 Å². The number of hydrogen-bond donors (Lipinski definition) is 1. The van der Waals surface area contributed by atoms with Gasteiger partial charge in [0.25, 0.3) is 5.91 Å². The zero-order valence-corrected chi connectivity index (χ0v) is 16.9. The number of anilines is 2. The van der Waals surface area contributed by atoms with Crippen molar-refractivity contribution in [1.82, 2.24) is 14.7 Å². The second kappa shape index (κ2) is 7.62. The third-order valence-corrected chi connectivity index (χ3v) is 5.37. The lowest BCUT2D eigenvalue weighted by atomic mass is 10.2. The third kappa shape index (κ3) is 3.49. The summed E-state index contributed by atoms with van der Waals surface area (Å²) in [6, 6.07) is 1.21. The summed E-state index contributed by atoms with van der Waals surface area (Å²) in [6.07, 6.45) is -2.16. The number of aromatic nitrogens is 2. The number of nitrogens with zero attached hydrogens (tertiary/aromatic N) is 4. The Morgan fingerprint density at radius 3 is 2.69 bits per heavy atom. The molecule has 2 aromatic heterocycles. The van der Waals surface area contributed by atoms with Crippen LogP contribution in [-0.2, 0) is 11.0 Å². The molecule has 1 aliphatic heterocycles. The number of rotatable bonds is 3. The van der Waals surface area contributed by atoms with E-state index in [9.17, 15) is 31.5 Å². The predicted molar refractivity (Wildman–Crippen MR) is 105 cm³/mol. The summed E-state index contributed by atoms with van der Waals surface area (Å²) in [5.41, 5.74) is -1.52. The highest BCUT2D eigenvalue weighted by Crippen LogP contribution is 2.35. The van der Waals surface area contributed by atoms with Gasteiger partial charge in [0, 0.05) is 26.0 Å². The summed E-state index contributed by atoms with van der Waals surface area (Å²) in [5.74, 6) is -3.32. The standard InChI is InChI=1S/C19H13ClF5N5O2/c1-28(11-3-2-10(21)15(20)16(11)22)17(31)12-8-27-18(32)30(12)14-7-9(19(23,24)25)6-13-26-4-5-29(13)14/h2-7,12H,8H2,1H3,(H,27,32)/t12-/m0/s1. The number of carbonyl (C=O) groups is 2. The number of imidazole rings is 1. The van der Waals surface area contributed by atoms with Gasteiger partial charge >= 0.3 is 12.2 Å². The summed E-state index contributed by atoms with van der Waals surface area (Å²) in [4.78, 5) is 31.1. The van der Waals surface area contributed by atoms with Gasteiger partial charge in [-0.05, 0) is 24.3 Å². The minimum atomic E-state index is -4.73. The zero-order valence-electron chi connectivity index (χ0n) is 16.1. The second-order valence-corrected chi connectivity index (χ2v) is 7.30. The molecule has 3 heterocycles. The van der Waals surface area contributed by atoms with Crippen LogP contribution in [0.5, 0.6) is 0 Å². The van der Waals surface area contributed by atoms with Gasteiger partial charge in [-0.1, -0.05) is 11.6 Å². The van der Waals surface area contributed by atoms with Crippen molar-refractivity contribution >= 4 is 40.7 Å². The van der Waals surface area contributed by atoms with Gasteiger partial charge in [0.1, 0.15) is 28.3 Å². The molecule has 0 bridgehead atoms. The summed E-state index contributed by atoms with van der Waals surface area (Å²) < 4.78 is 69.3. The summed E-state index contributed by atoms with van der Waals surface area (Å²) in [5, 5.41) is 1.58. The Morgan fingerprint density at radius 2 is 2.00 bits per heavy atom. The summed E-state index contributed by atoms with van der Waals surface area (Å²) in [7, 11) is 1.18. The molecule has 1 fully saturated rings. The van der Waals surface area contributed by atoms with Crippen LogP contribution in [0.25, 0.3) is 5.65 Å². The highest BCUT2D eigenvalue weighted by molar-refractivity contribution is 6.31. The number of carbonyl (C=O) groups excluding carboxylic acids is 2. The molecule has 0 radical (unpaired) electrons. The fourth-order valence-corrected chi connectivity index (χ4v) is 3.59. The zero-order chi connectivity index (χ0) is 23.4. The molecule has 13 heteroatoms. The predicted octanol–water partition coefficient (Wildman–Crippen LogP) is 3.85. The number of alkyl halides is 3. The topological polar surface area (TPSA) is 70.0 Å². The number of halogens is 6. The number of fused-ring (bicyclic) bond motifs is 1. The molecule has 3 aromatic rings. The Balaban J connectivity index is 1.78. The van der Waals surface area contributed by atoms with Crippen molar-refractivity contribution in [1.29, 1.82) is 0 Å². The highest BCUT2D eigenvalue weighted by Gasteiger charge is 2.42. The van der Waals surface area contributed by atoms with E-state index in [4.69, 9.17) is 11.6 Å². The van der Waals surface area contributed by atoms with Crippen LogP contribution in [0.2, 0.25) is 5.02 Å². The van der Waals surface area contributed by atoms with Gasteiger partial charge in [0.15, 0.2) is 5.82 Å². The summed E-state index contributed by atoms with van der Waals surface area (Å²) in [6.45, 7) is -0.259. The Labute approximate surface area is 182 Å². The summed E-state index contributed by atoms with van der Waals surface area (Å²) >= 11 is 5.57. The average Bonchev–Trinajstić information content (AvgIpc) is 3.36. The van der Waals surface area contributed by atoms with Crippen molar-refractivity contribution in [3.63, 3.8) is 0 Å². The fraction of sp³-hybridized carbons (Fsp3) is 0.211. The lowest BCUT2D eigenvalue weighted by Gasteiger charge is -2.28. The highest BCUT2D eigenvalue weighted by atomic mass is 35.5. The van der Waals surface area contributed by atoms with E-state index in [1.165, 1.54) is 23.8 Å². The van der Waals surface area contributed by atoms with E-state index >= 15 is 0 Å². The number of amides is 3. The van der Waals surface area contributed by atoms with E-state index in [1.807, 2.05) is 0 Å². The second-order valence-electron chi connectivity index (χ2n) is 6.92. The maximum absolute atomic E-state index is 14.4. The van der Waals surface area contributed by atoms with Crippen LogP contribution in [0.15, 0.2) is 36.7 Å². The van der Waals surface area contributed by atoms with Crippen molar-refractivity contribution in [2.24, 2.45) is 0 Å². The number of pyridine rings is 1. The van der Waals surface area contributed by atoms with Crippen molar-refractivity contribution in [2.45, 2.75) is 12.2 Å². The minimum absolute atomic E-state index is 0.0922. The number of nitrogens with one attached hydrogen (secondary N) is 1. The van der Waals surface area contributed by atoms with Gasteiger partial charge in [0.05, 0.1) is 11.3 Å². The molecule has 3 amide bonds. The molecule has 1 aromatic carbocycles. The van der Waals surface area contributed by atoms with E-state index in [0.29, 0.717) is 0 Å². The van der Waals surface area contributed by atoms with Crippen LogP contribution in [0.3, 0.4) is 0 Å². The molecule has 32 heavy (non-hydrogen) atoms. The number of likely N-dealkylation sites (N-methyl/N-ethyl adjacent to an activating group) is 1. The Bertz CT molecular complexity index is 1240. The van der Waals surface area contributed by atoms with Gasteiger partial charge in [-0.3, -0.25) is 14.1 Å². The van der Waals surface area contributed by atoms with E-state index in [2.05, 4.69) is 10.3 Å². The molecule has 1 aliphatic rings. The molecule has 0 spiro atoms. The Morgan fingerprint density at radius 1 is 1.28 bits per heavy atom. The van der Waals surface area contributed by atoms with Gasteiger partial charge in [-0.15, -0.1) is 0 Å². The lowest BCUT2D eigenvalue weighted by Crippen LogP contribution is -2.47. The Hall–Kier alpha value is -3.41. The normalized spacial score (nSPS) is 16.5. The van der Waals surface area contributed by atoms with Crippen molar-refractivity contribution < 1.29 is 31.5 Å². The van der Waals surface area contributed by atoms with Gasteiger partial charge in [-0.25, -0.2) is 18.6 Å². The molecule has 1 N–H and O–H groups in total. The molecule has 0 unspecified atom stereocenters. The first kappa shape index (κ1) is 21.8. The quantitative estimate of drug-likeness (QED) is 0.464. The fourth-order valence-electron chi connectivity index (χ4n) is 3.43. The van der Waals surface area contributed by atoms with E-state index in [-0.39, 0.29) is 23.7 Å². The smallest absolute Gasteiger partial charge is 0.335 e. The number of hydrogen-bond acceptors (Lipinski definition) is 3. The molecule has 168 valence electrons. The van der Waals surface area contributed by atoms with Crippen LogP contribution < -0.4 is 15.1 Å². The average molecular weight is 474 g/mol. The first-order chi connectivity index (χ1) is 15.0. The lowest BCUT2D eigenvalue weighted by molar-refractivity contribution is -0.137. The molecule has 0 aliphatic carbocycles. The number of urea groups is 1. The van der Waals surface area contributed by atoms with Crippen LogP contribution in [0.4, 0.5) is 38.3 Å². The maximum Gasteiger partial charge on any atom is 0.416 e. The van der Waals surface area contributed by atoms with Crippen LogP contribution >= 0.6 is 11.6 Å². The first-order valence-corrected chi connectivity index (χ1v) is 9.41. The van der Waals surface area contributed by atoms with Crippen LogP contribution in [0.1, 0.15) is 5.56 Å². The number of benzene rings is 1. The first-order valence-electron chi connectivity index (χ1n) is 9.03. The molecule has 4 rings (SSSR count). The molecule has 1 saturated heterocycles. The largest absolute Gasteiger partial charge is 0.416 e. The van der Waals surface area contributed by atoms with E-state index in [1.54, 1.807) is 0 Å². The van der Waals surface area contributed by atoms with E-state index in [0.717, 1.165) is 34.1 Å². The maximum atomic E-state index is 14.4. The SMILES string of the molecule is CN(C(=O)[C@@H]1CNC(=O)N1c1cc(C(F)(F)F)cc2nccn12)c1ccc(F)c(Cl)c1F. The minimum Gasteiger partial charge on any atom is -0.335 e. The van der Waals surface area contributed by atoms with E-state index < -0.39 is 46.4 Å². The van der Waals surface area contributed by atoms with Crippen molar-refractivity contribution in [3.8, 4) is 0 Å². The third-order valence-electron chi connectivity index (χ3n) is 5.03. The molecule has 0 saturated carbocycles. The van der Waals surface area contributed by atoms with Crippen molar-refractivity contribution in [2.75, 3.05) is 23.4 Å². The van der Waals surface area contributed by atoms with Crippen LogP contribution in [0, 0.1) is 11.6 Å². The molecule has 1 atom stereocenters. The molecular formula is C19H13ClF5N5O2. The van der Waals surface area contributed by atoms with Crippen molar-refractivity contribution in [3.05, 3.63) is 58.9 Å². The van der Waals surface area contributed by atoms with Gasteiger partial charge in [0.2, 0.25) is 0 Å². The molecule has 7 nitrogen and oxygen atoms in total.